The number of aromatic nitrogens is 2. The summed E-state index contributed by atoms with van der Waals surface area (Å²) in [5, 5.41) is 16.2. The van der Waals surface area contributed by atoms with Gasteiger partial charge >= 0.3 is 12.0 Å². The number of carbonyl (C=O) groups excluding carboxylic acids is 1. The number of nitrogens with zero attached hydrogens (tertiary/aromatic N) is 2. The fourth-order valence-corrected chi connectivity index (χ4v) is 2.19. The summed E-state index contributed by atoms with van der Waals surface area (Å²) in [7, 11) is 0. The highest BCUT2D eigenvalue weighted by Gasteiger charge is 2.08. The number of hydrogen-bond donors (Lipinski definition) is 3. The Kier molecular flexibility index (Phi) is 4.61. The third-order valence-corrected chi connectivity index (χ3v) is 3.22. The summed E-state index contributed by atoms with van der Waals surface area (Å²) in [5.74, 6) is -1.05. The third kappa shape index (κ3) is 4.02. The molecular weight excluding hydrogens is 280 g/mol. The van der Waals surface area contributed by atoms with Crippen molar-refractivity contribution in [2.24, 2.45) is 0 Å². The van der Waals surface area contributed by atoms with E-state index in [9.17, 15) is 9.59 Å². The van der Waals surface area contributed by atoms with E-state index in [0.29, 0.717) is 23.7 Å². The highest BCUT2D eigenvalue weighted by Crippen LogP contribution is 2.10. The second kappa shape index (κ2) is 6.62. The lowest BCUT2D eigenvalue weighted by molar-refractivity contribution is 0.0691. The molecule has 0 saturated carbocycles. The summed E-state index contributed by atoms with van der Waals surface area (Å²) in [6, 6.07) is 3.11. The predicted molar refractivity (Wildman–Crippen MR) is 74.0 cm³/mol. The average Bonchev–Trinajstić information content (AvgIpc) is 2.89. The molecule has 0 bridgehead atoms. The van der Waals surface area contributed by atoms with Gasteiger partial charge in [-0.2, -0.15) is 0 Å². The Morgan fingerprint density at radius 2 is 2.25 bits per heavy atom. The van der Waals surface area contributed by atoms with Gasteiger partial charge in [-0.1, -0.05) is 0 Å². The van der Waals surface area contributed by atoms with Gasteiger partial charge < -0.3 is 15.7 Å². The molecule has 0 saturated heterocycles. The lowest BCUT2D eigenvalue weighted by atomic mass is 10.4. The number of pyridine rings is 1. The predicted octanol–water partition coefficient (Wildman–Crippen LogP) is 1.60. The Labute approximate surface area is 118 Å². The number of carboxylic acid groups (broad SMARTS) is 1. The van der Waals surface area contributed by atoms with Crippen LogP contribution in [-0.2, 0) is 6.42 Å². The monoisotopic (exact) mass is 292 g/mol. The maximum absolute atomic E-state index is 11.6. The van der Waals surface area contributed by atoms with Crippen molar-refractivity contribution in [1.29, 1.82) is 0 Å². The van der Waals surface area contributed by atoms with Crippen LogP contribution >= 0.6 is 11.3 Å². The molecule has 0 unspecified atom stereocenters. The maximum atomic E-state index is 11.6. The van der Waals surface area contributed by atoms with Crippen molar-refractivity contribution in [3.8, 4) is 0 Å². The van der Waals surface area contributed by atoms with Crippen LogP contribution < -0.4 is 10.6 Å². The lowest BCUT2D eigenvalue weighted by Crippen LogP contribution is -2.30. The molecule has 2 aromatic heterocycles. The van der Waals surface area contributed by atoms with Crippen LogP contribution in [0.4, 0.5) is 10.5 Å². The van der Waals surface area contributed by atoms with Crippen molar-refractivity contribution in [3.05, 3.63) is 40.6 Å². The third-order valence-electron chi connectivity index (χ3n) is 2.31. The van der Waals surface area contributed by atoms with E-state index >= 15 is 0 Å². The van der Waals surface area contributed by atoms with Crippen LogP contribution in [0.5, 0.6) is 0 Å². The number of hydrogen-bond acceptors (Lipinski definition) is 5. The van der Waals surface area contributed by atoms with Gasteiger partial charge in [-0.25, -0.2) is 14.6 Å². The largest absolute Gasteiger partial charge is 0.476 e. The van der Waals surface area contributed by atoms with E-state index in [1.165, 1.54) is 16.7 Å². The molecule has 0 fully saturated rings. The minimum Gasteiger partial charge on any atom is -0.476 e. The molecule has 3 N–H and O–H groups in total. The van der Waals surface area contributed by atoms with Crippen LogP contribution in [-0.4, -0.2) is 33.6 Å². The van der Waals surface area contributed by atoms with Gasteiger partial charge in [-0.15, -0.1) is 11.3 Å². The molecular formula is C12H12N4O3S. The Hall–Kier alpha value is -2.48. The van der Waals surface area contributed by atoms with E-state index in [0.717, 1.165) is 0 Å². The summed E-state index contributed by atoms with van der Waals surface area (Å²) < 4.78 is 0. The number of carboxylic acids is 1. The molecule has 2 aromatic rings. The smallest absolute Gasteiger partial charge is 0.355 e. The quantitative estimate of drug-likeness (QED) is 0.776. The average molecular weight is 292 g/mol. The number of thiazole rings is 1. The van der Waals surface area contributed by atoms with Crippen molar-refractivity contribution in [1.82, 2.24) is 15.3 Å². The molecule has 2 rings (SSSR count). The zero-order valence-electron chi connectivity index (χ0n) is 10.4. The molecule has 8 heteroatoms. The Balaban J connectivity index is 1.75. The molecule has 0 aromatic carbocycles. The minimum absolute atomic E-state index is 0.0322. The summed E-state index contributed by atoms with van der Waals surface area (Å²) in [4.78, 5) is 30.0. The van der Waals surface area contributed by atoms with E-state index in [4.69, 9.17) is 5.11 Å². The molecule has 2 heterocycles. The highest BCUT2D eigenvalue weighted by atomic mass is 32.1. The number of amides is 2. The summed E-state index contributed by atoms with van der Waals surface area (Å²) in [5.41, 5.74) is 0.636. The number of rotatable bonds is 5. The second-order valence-corrected chi connectivity index (χ2v) is 4.75. The van der Waals surface area contributed by atoms with Crippen molar-refractivity contribution in [2.75, 3.05) is 11.9 Å². The van der Waals surface area contributed by atoms with Gasteiger partial charge in [0.05, 0.1) is 16.9 Å². The van der Waals surface area contributed by atoms with E-state index in [-0.39, 0.29) is 11.7 Å². The van der Waals surface area contributed by atoms with E-state index in [2.05, 4.69) is 20.6 Å². The van der Waals surface area contributed by atoms with Gasteiger partial charge in [0.15, 0.2) is 5.69 Å². The topological polar surface area (TPSA) is 104 Å². The number of aromatic carboxylic acids is 1. The van der Waals surface area contributed by atoms with Crippen LogP contribution in [0.1, 0.15) is 15.5 Å². The molecule has 0 atom stereocenters. The molecule has 2 amide bonds. The van der Waals surface area contributed by atoms with Gasteiger partial charge in [0.2, 0.25) is 0 Å². The van der Waals surface area contributed by atoms with Crippen molar-refractivity contribution < 1.29 is 14.7 Å². The summed E-state index contributed by atoms with van der Waals surface area (Å²) in [6.07, 6.45) is 3.64. The van der Waals surface area contributed by atoms with Crippen LogP contribution in [0.15, 0.2) is 29.9 Å². The van der Waals surface area contributed by atoms with Crippen LogP contribution in [0, 0.1) is 0 Å². The SMILES string of the molecule is O=C(NCCc1nc(C(=O)O)cs1)Nc1cccnc1. The maximum Gasteiger partial charge on any atom is 0.355 e. The molecule has 0 aliphatic carbocycles. The van der Waals surface area contributed by atoms with Crippen molar-refractivity contribution in [3.63, 3.8) is 0 Å². The number of anilines is 1. The van der Waals surface area contributed by atoms with Crippen molar-refractivity contribution in [2.45, 2.75) is 6.42 Å². The molecule has 104 valence electrons. The fourth-order valence-electron chi connectivity index (χ4n) is 1.42. The van der Waals surface area contributed by atoms with E-state index < -0.39 is 5.97 Å². The van der Waals surface area contributed by atoms with Gasteiger partial charge in [0.1, 0.15) is 0 Å². The number of carbonyl (C=O) groups is 2. The Bertz CT molecular complexity index is 600. The Morgan fingerprint density at radius 3 is 2.90 bits per heavy atom. The summed E-state index contributed by atoms with van der Waals surface area (Å²) in [6.45, 7) is 0.374. The fraction of sp³-hybridized carbons (Fsp3) is 0.167. The first-order chi connectivity index (χ1) is 9.65. The van der Waals surface area contributed by atoms with Crippen LogP contribution in [0.2, 0.25) is 0 Å². The van der Waals surface area contributed by atoms with Gasteiger partial charge in [0, 0.05) is 24.5 Å². The van der Waals surface area contributed by atoms with Crippen LogP contribution in [0.3, 0.4) is 0 Å². The van der Waals surface area contributed by atoms with Gasteiger partial charge in [-0.05, 0) is 12.1 Å². The standard InChI is InChI=1S/C12H12N4O3S/c17-11(18)9-7-20-10(16-9)3-5-14-12(19)15-8-2-1-4-13-6-8/h1-2,4,6-7H,3,5H2,(H,17,18)(H2,14,15,19). The molecule has 7 nitrogen and oxygen atoms in total. The second-order valence-electron chi connectivity index (χ2n) is 3.80. The first-order valence-electron chi connectivity index (χ1n) is 5.78. The van der Waals surface area contributed by atoms with Crippen molar-refractivity contribution >= 4 is 29.0 Å². The molecule has 0 aliphatic heterocycles. The highest BCUT2D eigenvalue weighted by molar-refractivity contribution is 7.09. The van der Waals surface area contributed by atoms with Gasteiger partial charge in [-0.3, -0.25) is 4.98 Å². The lowest BCUT2D eigenvalue weighted by Gasteiger charge is -2.05. The van der Waals surface area contributed by atoms with Crippen LogP contribution in [0.25, 0.3) is 0 Å². The molecule has 20 heavy (non-hydrogen) atoms. The van der Waals surface area contributed by atoms with E-state index in [1.54, 1.807) is 24.5 Å². The Morgan fingerprint density at radius 1 is 1.40 bits per heavy atom. The minimum atomic E-state index is -1.05. The normalized spacial score (nSPS) is 10.0. The van der Waals surface area contributed by atoms with E-state index in [1.807, 2.05) is 0 Å². The van der Waals surface area contributed by atoms with Gasteiger partial charge in [0.25, 0.3) is 0 Å². The number of nitrogens with one attached hydrogen (secondary N) is 2. The molecule has 0 spiro atoms. The zero-order valence-corrected chi connectivity index (χ0v) is 11.2. The number of urea groups is 1. The first kappa shape index (κ1) is 13.9. The molecule has 0 radical (unpaired) electrons. The zero-order chi connectivity index (χ0) is 14.4. The first-order valence-corrected chi connectivity index (χ1v) is 6.65. The summed E-state index contributed by atoms with van der Waals surface area (Å²) >= 11 is 1.26. The molecule has 0 aliphatic rings.